The molecule has 4 nitrogen and oxygen atoms in total. The molecule has 5 heteroatoms. The molecule has 3 rings (SSSR count). The van der Waals surface area contributed by atoms with Gasteiger partial charge in [0, 0.05) is 24.6 Å². The molecule has 1 atom stereocenters. The van der Waals surface area contributed by atoms with Gasteiger partial charge in [-0.1, -0.05) is 54.2 Å². The van der Waals surface area contributed by atoms with Gasteiger partial charge in [-0.3, -0.25) is 4.79 Å². The molecule has 0 fully saturated rings. The van der Waals surface area contributed by atoms with Crippen LogP contribution in [0.1, 0.15) is 28.9 Å². The van der Waals surface area contributed by atoms with E-state index in [1.54, 1.807) is 6.20 Å². The van der Waals surface area contributed by atoms with E-state index in [4.69, 9.17) is 0 Å². The number of benzene rings is 2. The van der Waals surface area contributed by atoms with Gasteiger partial charge in [0.05, 0.1) is 0 Å². The summed E-state index contributed by atoms with van der Waals surface area (Å²) in [7, 11) is 0. The zero-order valence-electron chi connectivity index (χ0n) is 15.3. The fourth-order valence-corrected chi connectivity index (χ4v) is 3.85. The summed E-state index contributed by atoms with van der Waals surface area (Å²) in [5.74, 6) is -0.0412. The van der Waals surface area contributed by atoms with E-state index in [1.165, 1.54) is 11.8 Å². The Morgan fingerprint density at radius 3 is 2.69 bits per heavy atom. The van der Waals surface area contributed by atoms with Crippen molar-refractivity contribution in [1.29, 1.82) is 0 Å². The van der Waals surface area contributed by atoms with Crippen LogP contribution in [0.15, 0.2) is 66.1 Å². The fraction of sp³-hybridized carbons (Fsp3) is 0.238. The van der Waals surface area contributed by atoms with Crippen molar-refractivity contribution in [3.63, 3.8) is 0 Å². The first-order chi connectivity index (χ1) is 12.6. The predicted molar refractivity (Wildman–Crippen MR) is 107 cm³/mol. The van der Waals surface area contributed by atoms with E-state index >= 15 is 0 Å². The summed E-state index contributed by atoms with van der Waals surface area (Å²) in [6.45, 7) is 6.92. The van der Waals surface area contributed by atoms with Crippen molar-refractivity contribution < 1.29 is 4.79 Å². The number of hydrogen-bond donors (Lipinski definition) is 1. The maximum atomic E-state index is 13.1. The van der Waals surface area contributed by atoms with Crippen LogP contribution in [0.5, 0.6) is 0 Å². The average molecular weight is 366 g/mol. The number of nitrogens with one attached hydrogen (secondary N) is 1. The number of carbonyl (C=O) groups is 1. The first-order valence-electron chi connectivity index (χ1n) is 8.69. The first-order valence-corrected chi connectivity index (χ1v) is 9.57. The standard InChI is InChI=1S/C21H23N3OS/c1-4-24-13-12-22-21(24)26-19(17-8-6-5-7-9-17)20(25)23-18-14-15(2)10-11-16(18)3/h5-14,19H,4H2,1-3H3,(H,23,25). The van der Waals surface area contributed by atoms with E-state index in [0.717, 1.165) is 34.1 Å². The van der Waals surface area contributed by atoms with Gasteiger partial charge in [-0.05, 0) is 43.5 Å². The van der Waals surface area contributed by atoms with E-state index in [2.05, 4.69) is 17.2 Å². The monoisotopic (exact) mass is 365 g/mol. The van der Waals surface area contributed by atoms with Crippen LogP contribution in [0.4, 0.5) is 5.69 Å². The highest BCUT2D eigenvalue weighted by atomic mass is 32.2. The van der Waals surface area contributed by atoms with Crippen molar-refractivity contribution in [1.82, 2.24) is 9.55 Å². The Balaban J connectivity index is 1.90. The quantitative estimate of drug-likeness (QED) is 0.626. The summed E-state index contributed by atoms with van der Waals surface area (Å²) in [5, 5.41) is 3.58. The van der Waals surface area contributed by atoms with E-state index in [0.29, 0.717) is 0 Å². The van der Waals surface area contributed by atoms with Gasteiger partial charge in [-0.15, -0.1) is 0 Å². The van der Waals surface area contributed by atoms with Crippen LogP contribution in [-0.4, -0.2) is 15.5 Å². The largest absolute Gasteiger partial charge is 0.326 e. The van der Waals surface area contributed by atoms with Gasteiger partial charge in [-0.25, -0.2) is 4.98 Å². The molecule has 0 radical (unpaired) electrons. The number of amides is 1. The summed E-state index contributed by atoms with van der Waals surface area (Å²) in [6, 6.07) is 15.9. The molecule has 0 bridgehead atoms. The summed E-state index contributed by atoms with van der Waals surface area (Å²) >= 11 is 1.48. The van der Waals surface area contributed by atoms with Crippen LogP contribution < -0.4 is 5.32 Å². The zero-order chi connectivity index (χ0) is 18.5. The molecular formula is C21H23N3OS. The maximum absolute atomic E-state index is 13.1. The molecule has 0 saturated carbocycles. The summed E-state index contributed by atoms with van der Waals surface area (Å²) in [4.78, 5) is 17.6. The highest BCUT2D eigenvalue weighted by Gasteiger charge is 2.24. The van der Waals surface area contributed by atoms with Crippen LogP contribution in [0, 0.1) is 13.8 Å². The maximum Gasteiger partial charge on any atom is 0.242 e. The van der Waals surface area contributed by atoms with Crippen molar-refractivity contribution in [3.05, 3.63) is 77.6 Å². The number of hydrogen-bond acceptors (Lipinski definition) is 3. The second-order valence-corrected chi connectivity index (χ2v) is 7.28. The van der Waals surface area contributed by atoms with Crippen LogP contribution in [0.2, 0.25) is 0 Å². The predicted octanol–water partition coefficient (Wildman–Crippen LogP) is 4.99. The van der Waals surface area contributed by atoms with Crippen LogP contribution in [0.25, 0.3) is 0 Å². The third kappa shape index (κ3) is 4.17. The molecule has 0 aliphatic heterocycles. The molecule has 26 heavy (non-hydrogen) atoms. The highest BCUT2D eigenvalue weighted by Crippen LogP contribution is 2.35. The van der Waals surface area contributed by atoms with Gasteiger partial charge < -0.3 is 9.88 Å². The minimum atomic E-state index is -0.371. The molecule has 1 N–H and O–H groups in total. The lowest BCUT2D eigenvalue weighted by molar-refractivity contribution is -0.115. The number of carbonyl (C=O) groups excluding carboxylic acids is 1. The summed E-state index contributed by atoms with van der Waals surface area (Å²) < 4.78 is 2.05. The van der Waals surface area contributed by atoms with Gasteiger partial charge in [0.25, 0.3) is 0 Å². The number of anilines is 1. The van der Waals surface area contributed by atoms with Crippen LogP contribution in [-0.2, 0) is 11.3 Å². The lowest BCUT2D eigenvalue weighted by Gasteiger charge is -2.18. The Morgan fingerprint density at radius 2 is 1.96 bits per heavy atom. The molecule has 0 saturated heterocycles. The lowest BCUT2D eigenvalue weighted by Crippen LogP contribution is -2.20. The number of thioether (sulfide) groups is 1. The van der Waals surface area contributed by atoms with Crippen molar-refractivity contribution in [3.8, 4) is 0 Å². The summed E-state index contributed by atoms with van der Waals surface area (Å²) in [6.07, 6.45) is 3.71. The smallest absolute Gasteiger partial charge is 0.242 e. The van der Waals surface area contributed by atoms with Crippen LogP contribution in [0.3, 0.4) is 0 Å². The topological polar surface area (TPSA) is 46.9 Å². The van der Waals surface area contributed by atoms with Crippen molar-refractivity contribution in [2.24, 2.45) is 0 Å². The van der Waals surface area contributed by atoms with E-state index in [1.807, 2.05) is 73.1 Å². The Morgan fingerprint density at radius 1 is 1.19 bits per heavy atom. The minimum absolute atomic E-state index is 0.0412. The van der Waals surface area contributed by atoms with Gasteiger partial charge in [0.15, 0.2) is 5.16 Å². The number of imidazole rings is 1. The normalized spacial score (nSPS) is 12.0. The molecule has 0 aliphatic carbocycles. The minimum Gasteiger partial charge on any atom is -0.326 e. The summed E-state index contributed by atoms with van der Waals surface area (Å²) in [5.41, 5.74) is 3.99. The van der Waals surface area contributed by atoms with Crippen molar-refractivity contribution in [2.75, 3.05) is 5.32 Å². The molecule has 0 aliphatic rings. The fourth-order valence-electron chi connectivity index (χ4n) is 2.73. The highest BCUT2D eigenvalue weighted by molar-refractivity contribution is 8.00. The molecule has 2 aromatic carbocycles. The molecule has 1 amide bonds. The zero-order valence-corrected chi connectivity index (χ0v) is 16.1. The second kappa shape index (κ2) is 8.23. The third-order valence-electron chi connectivity index (χ3n) is 4.23. The Hall–Kier alpha value is -2.53. The van der Waals surface area contributed by atoms with Gasteiger partial charge in [-0.2, -0.15) is 0 Å². The first kappa shape index (κ1) is 18.3. The van der Waals surface area contributed by atoms with E-state index in [-0.39, 0.29) is 11.2 Å². The van der Waals surface area contributed by atoms with Crippen molar-refractivity contribution in [2.45, 2.75) is 37.7 Å². The molecule has 1 unspecified atom stereocenters. The van der Waals surface area contributed by atoms with E-state index < -0.39 is 0 Å². The van der Waals surface area contributed by atoms with Crippen LogP contribution >= 0.6 is 11.8 Å². The molecule has 1 heterocycles. The van der Waals surface area contributed by atoms with Gasteiger partial charge >= 0.3 is 0 Å². The molecular weight excluding hydrogens is 342 g/mol. The van der Waals surface area contributed by atoms with Crippen molar-refractivity contribution >= 4 is 23.4 Å². The Labute approximate surface area is 158 Å². The number of aromatic nitrogens is 2. The lowest BCUT2D eigenvalue weighted by atomic mass is 10.1. The SMILES string of the molecule is CCn1ccnc1SC(C(=O)Nc1cc(C)ccc1C)c1ccccc1. The van der Waals surface area contributed by atoms with E-state index in [9.17, 15) is 4.79 Å². The third-order valence-corrected chi connectivity index (χ3v) is 5.51. The second-order valence-electron chi connectivity index (χ2n) is 6.21. The van der Waals surface area contributed by atoms with Gasteiger partial charge in [0.2, 0.25) is 5.91 Å². The van der Waals surface area contributed by atoms with Gasteiger partial charge in [0.1, 0.15) is 5.25 Å². The molecule has 3 aromatic rings. The molecule has 134 valence electrons. The number of nitrogens with zero attached hydrogens (tertiary/aromatic N) is 2. The molecule has 0 spiro atoms. The number of rotatable bonds is 6. The average Bonchev–Trinajstić information content (AvgIpc) is 3.10. The Kier molecular flexibility index (Phi) is 5.78. The Bertz CT molecular complexity index is 889. The molecule has 1 aromatic heterocycles. The number of aryl methyl sites for hydroxylation is 3.